The van der Waals surface area contributed by atoms with Crippen LogP contribution in [0.2, 0.25) is 5.02 Å². The Bertz CT molecular complexity index is 652. The topological polar surface area (TPSA) is 33.1 Å². The van der Waals surface area contributed by atoms with Gasteiger partial charge in [-0.15, -0.1) is 11.3 Å². The van der Waals surface area contributed by atoms with Crippen molar-refractivity contribution in [2.24, 2.45) is 0 Å². The molecule has 1 heterocycles. The first kappa shape index (κ1) is 16.3. The van der Waals surface area contributed by atoms with Gasteiger partial charge in [0.25, 0.3) is 0 Å². The third-order valence-corrected chi connectivity index (χ3v) is 4.25. The number of aliphatic hydroxyl groups is 1. The smallest absolute Gasteiger partial charge is 0.142 e. The van der Waals surface area contributed by atoms with Crippen molar-refractivity contribution in [3.05, 3.63) is 50.4 Å². The highest BCUT2D eigenvalue weighted by Gasteiger charge is 2.21. The van der Waals surface area contributed by atoms with Gasteiger partial charge in [0.15, 0.2) is 0 Å². The Morgan fingerprint density at radius 3 is 2.52 bits per heavy atom. The summed E-state index contributed by atoms with van der Waals surface area (Å²) in [7, 11) is 0. The summed E-state index contributed by atoms with van der Waals surface area (Å²) in [6.07, 6.45) is -1.02. The molecule has 0 bridgehead atoms. The van der Waals surface area contributed by atoms with E-state index in [-0.39, 0.29) is 22.4 Å². The Balaban J connectivity index is 2.20. The van der Waals surface area contributed by atoms with E-state index in [2.05, 4.69) is 4.98 Å². The van der Waals surface area contributed by atoms with Crippen LogP contribution in [0.5, 0.6) is 0 Å². The number of rotatable bonds is 3. The molecule has 114 valence electrons. The first-order chi connectivity index (χ1) is 9.68. The predicted molar refractivity (Wildman–Crippen MR) is 80.8 cm³/mol. The molecule has 0 amide bonds. The highest BCUT2D eigenvalue weighted by molar-refractivity contribution is 7.09. The fraction of sp³-hybridized carbons (Fsp3) is 0.400. The first-order valence-electron chi connectivity index (χ1n) is 6.46. The molecule has 21 heavy (non-hydrogen) atoms. The average Bonchev–Trinajstić information content (AvgIpc) is 2.82. The number of hydrogen-bond donors (Lipinski definition) is 1. The van der Waals surface area contributed by atoms with Gasteiger partial charge in [0.2, 0.25) is 0 Å². The molecule has 6 heteroatoms. The Kier molecular flexibility index (Phi) is 4.66. The van der Waals surface area contributed by atoms with Gasteiger partial charge in [-0.2, -0.15) is 0 Å². The Labute approximate surface area is 131 Å². The molecule has 0 aliphatic carbocycles. The molecular weight excluding hydrogens is 316 g/mol. The van der Waals surface area contributed by atoms with E-state index >= 15 is 0 Å². The quantitative estimate of drug-likeness (QED) is 0.830. The maximum absolute atomic E-state index is 13.7. The van der Waals surface area contributed by atoms with Crippen LogP contribution in [0.1, 0.15) is 43.1 Å². The van der Waals surface area contributed by atoms with E-state index in [1.807, 2.05) is 26.2 Å². The standard InChI is InChI=1S/C15H16ClF2NOS/c1-15(2,3)13-7-21-14(19-13)6-12(20)8-4-11(18)9(16)5-10(8)17/h4-5,7,12,20H,6H2,1-3H3. The SMILES string of the molecule is CC(C)(C)c1csc(CC(O)c2cc(F)c(Cl)cc2F)n1. The van der Waals surface area contributed by atoms with Crippen molar-refractivity contribution in [1.82, 2.24) is 4.98 Å². The molecule has 1 N–H and O–H groups in total. The largest absolute Gasteiger partial charge is 0.388 e. The molecule has 0 fully saturated rings. The van der Waals surface area contributed by atoms with Crippen molar-refractivity contribution >= 4 is 22.9 Å². The second-order valence-electron chi connectivity index (χ2n) is 5.88. The zero-order valence-electron chi connectivity index (χ0n) is 12.0. The van der Waals surface area contributed by atoms with E-state index in [1.165, 1.54) is 11.3 Å². The van der Waals surface area contributed by atoms with Crippen LogP contribution in [0.15, 0.2) is 17.5 Å². The molecule has 1 unspecified atom stereocenters. The molecule has 2 aromatic rings. The summed E-state index contributed by atoms with van der Waals surface area (Å²) in [5.74, 6) is -1.47. The summed E-state index contributed by atoms with van der Waals surface area (Å²) in [5.41, 5.74) is 0.721. The lowest BCUT2D eigenvalue weighted by Gasteiger charge is -2.14. The predicted octanol–water partition coefficient (Wildman–Crippen LogP) is 4.65. The molecule has 0 radical (unpaired) electrons. The fourth-order valence-electron chi connectivity index (χ4n) is 1.82. The van der Waals surface area contributed by atoms with E-state index < -0.39 is 17.7 Å². The van der Waals surface area contributed by atoms with Crippen molar-refractivity contribution < 1.29 is 13.9 Å². The zero-order chi connectivity index (χ0) is 15.8. The molecule has 2 rings (SSSR count). The van der Waals surface area contributed by atoms with E-state index in [1.54, 1.807) is 0 Å². The lowest BCUT2D eigenvalue weighted by molar-refractivity contribution is 0.173. The van der Waals surface area contributed by atoms with Gasteiger partial charge in [0.05, 0.1) is 21.8 Å². The second kappa shape index (κ2) is 5.99. The Morgan fingerprint density at radius 2 is 1.95 bits per heavy atom. The van der Waals surface area contributed by atoms with Crippen LogP contribution in [-0.4, -0.2) is 10.1 Å². The zero-order valence-corrected chi connectivity index (χ0v) is 13.5. The molecule has 2 nitrogen and oxygen atoms in total. The highest BCUT2D eigenvalue weighted by Crippen LogP contribution is 2.29. The number of aliphatic hydroxyl groups excluding tert-OH is 1. The van der Waals surface area contributed by atoms with Crippen molar-refractivity contribution in [2.75, 3.05) is 0 Å². The number of hydrogen-bond acceptors (Lipinski definition) is 3. The van der Waals surface area contributed by atoms with E-state index in [9.17, 15) is 13.9 Å². The minimum atomic E-state index is -1.16. The van der Waals surface area contributed by atoms with Crippen LogP contribution in [-0.2, 0) is 11.8 Å². The van der Waals surface area contributed by atoms with E-state index in [4.69, 9.17) is 11.6 Å². The third kappa shape index (κ3) is 3.78. The minimum absolute atomic E-state index is 0.0860. The minimum Gasteiger partial charge on any atom is -0.388 e. The van der Waals surface area contributed by atoms with Gasteiger partial charge in [0, 0.05) is 22.8 Å². The molecule has 0 saturated carbocycles. The van der Waals surface area contributed by atoms with Crippen LogP contribution < -0.4 is 0 Å². The fourth-order valence-corrected chi connectivity index (χ4v) is 3.03. The Hall–Kier alpha value is -1.04. The van der Waals surface area contributed by atoms with Crippen LogP contribution >= 0.6 is 22.9 Å². The molecule has 0 spiro atoms. The maximum Gasteiger partial charge on any atom is 0.142 e. The lowest BCUT2D eigenvalue weighted by Crippen LogP contribution is -2.12. The molecule has 0 aliphatic rings. The molecular formula is C15H16ClF2NOS. The van der Waals surface area contributed by atoms with Crippen molar-refractivity contribution in [2.45, 2.75) is 38.7 Å². The summed E-state index contributed by atoms with van der Waals surface area (Å²) in [6.45, 7) is 6.11. The molecule has 1 atom stereocenters. The van der Waals surface area contributed by atoms with Crippen LogP contribution in [0.4, 0.5) is 8.78 Å². The number of benzene rings is 1. The van der Waals surface area contributed by atoms with E-state index in [0.29, 0.717) is 5.01 Å². The van der Waals surface area contributed by atoms with Gasteiger partial charge in [0.1, 0.15) is 11.6 Å². The van der Waals surface area contributed by atoms with Gasteiger partial charge >= 0.3 is 0 Å². The molecule has 1 aromatic carbocycles. The van der Waals surface area contributed by atoms with E-state index in [0.717, 1.165) is 17.8 Å². The van der Waals surface area contributed by atoms with Crippen molar-refractivity contribution in [3.63, 3.8) is 0 Å². The molecule has 0 aliphatic heterocycles. The van der Waals surface area contributed by atoms with Gasteiger partial charge in [-0.05, 0) is 12.1 Å². The second-order valence-corrected chi connectivity index (χ2v) is 7.23. The molecule has 0 saturated heterocycles. The monoisotopic (exact) mass is 331 g/mol. The number of thiazole rings is 1. The van der Waals surface area contributed by atoms with Gasteiger partial charge in [-0.1, -0.05) is 32.4 Å². The summed E-state index contributed by atoms with van der Waals surface area (Å²) in [6, 6.07) is 1.80. The average molecular weight is 332 g/mol. The number of halogens is 3. The number of aromatic nitrogens is 1. The van der Waals surface area contributed by atoms with Crippen LogP contribution in [0.3, 0.4) is 0 Å². The summed E-state index contributed by atoms with van der Waals surface area (Å²) in [5, 5.41) is 12.4. The summed E-state index contributed by atoms with van der Waals surface area (Å²) < 4.78 is 27.1. The van der Waals surface area contributed by atoms with Gasteiger partial charge in [-0.3, -0.25) is 0 Å². The normalized spacial score (nSPS) is 13.5. The lowest BCUT2D eigenvalue weighted by atomic mass is 9.93. The van der Waals surface area contributed by atoms with Crippen molar-refractivity contribution in [3.8, 4) is 0 Å². The van der Waals surface area contributed by atoms with Crippen LogP contribution in [0.25, 0.3) is 0 Å². The highest BCUT2D eigenvalue weighted by atomic mass is 35.5. The number of nitrogens with zero attached hydrogens (tertiary/aromatic N) is 1. The summed E-state index contributed by atoms with van der Waals surface area (Å²) >= 11 is 6.90. The Morgan fingerprint density at radius 1 is 1.29 bits per heavy atom. The summed E-state index contributed by atoms with van der Waals surface area (Å²) in [4.78, 5) is 4.43. The third-order valence-electron chi connectivity index (χ3n) is 3.09. The van der Waals surface area contributed by atoms with Gasteiger partial charge in [-0.25, -0.2) is 13.8 Å². The first-order valence-corrected chi connectivity index (χ1v) is 7.71. The maximum atomic E-state index is 13.7. The van der Waals surface area contributed by atoms with Crippen LogP contribution in [0, 0.1) is 11.6 Å². The molecule has 1 aromatic heterocycles. The van der Waals surface area contributed by atoms with Crippen molar-refractivity contribution in [1.29, 1.82) is 0 Å². The van der Waals surface area contributed by atoms with Gasteiger partial charge < -0.3 is 5.11 Å².